The molecule has 0 radical (unpaired) electrons. The highest BCUT2D eigenvalue weighted by Crippen LogP contribution is 2.46. The summed E-state index contributed by atoms with van der Waals surface area (Å²) in [6, 6.07) is 7.05. The van der Waals surface area contributed by atoms with Gasteiger partial charge in [0.05, 0.1) is 20.8 Å². The molecule has 3 atom stereocenters. The van der Waals surface area contributed by atoms with Crippen molar-refractivity contribution in [1.29, 1.82) is 0 Å². The Morgan fingerprint density at radius 3 is 2.52 bits per heavy atom. The number of nitrogens with zero attached hydrogens (tertiary/aromatic N) is 2. The summed E-state index contributed by atoms with van der Waals surface area (Å²) in [5, 5.41) is 0. The molecular formula is C22H30N2O5. The van der Waals surface area contributed by atoms with E-state index in [9.17, 15) is 9.59 Å². The number of benzene rings is 1. The second-order valence-electron chi connectivity index (χ2n) is 8.22. The molecule has 158 valence electrons. The molecule has 0 bridgehead atoms. The molecule has 1 saturated heterocycles. The molecular weight excluding hydrogens is 372 g/mol. The molecule has 7 nitrogen and oxygen atoms in total. The van der Waals surface area contributed by atoms with Gasteiger partial charge in [-0.1, -0.05) is 6.07 Å². The van der Waals surface area contributed by atoms with Crippen LogP contribution in [0.3, 0.4) is 0 Å². The van der Waals surface area contributed by atoms with Crippen molar-refractivity contribution in [3.8, 4) is 11.5 Å². The fourth-order valence-electron chi connectivity index (χ4n) is 4.59. The number of methoxy groups -OCH3 is 2. The van der Waals surface area contributed by atoms with E-state index in [4.69, 9.17) is 14.2 Å². The first-order valence-electron chi connectivity index (χ1n) is 10.5. The molecule has 7 heteroatoms. The van der Waals surface area contributed by atoms with Gasteiger partial charge in [0.1, 0.15) is 0 Å². The molecule has 1 heterocycles. The molecule has 3 aliphatic rings. The van der Waals surface area contributed by atoms with Gasteiger partial charge in [0, 0.05) is 31.2 Å². The monoisotopic (exact) mass is 402 g/mol. The minimum absolute atomic E-state index is 0.213. The molecule has 4 rings (SSSR count). The normalized spacial score (nSPS) is 25.4. The van der Waals surface area contributed by atoms with Crippen molar-refractivity contribution in [3.63, 3.8) is 0 Å². The number of hydrogen-bond donors (Lipinski definition) is 0. The van der Waals surface area contributed by atoms with Crippen LogP contribution in [-0.2, 0) is 20.9 Å². The average molecular weight is 402 g/mol. The molecule has 0 N–H and O–H groups in total. The van der Waals surface area contributed by atoms with Gasteiger partial charge in [0.25, 0.3) is 0 Å². The minimum Gasteiger partial charge on any atom is -0.493 e. The van der Waals surface area contributed by atoms with Gasteiger partial charge in [0.15, 0.2) is 11.5 Å². The van der Waals surface area contributed by atoms with Crippen molar-refractivity contribution < 1.29 is 23.8 Å². The van der Waals surface area contributed by atoms with Crippen LogP contribution in [-0.4, -0.2) is 67.2 Å². The molecule has 1 aromatic carbocycles. The van der Waals surface area contributed by atoms with Crippen LogP contribution in [0.4, 0.5) is 0 Å². The lowest BCUT2D eigenvalue weighted by Crippen LogP contribution is -2.52. The van der Waals surface area contributed by atoms with Crippen LogP contribution in [0, 0.1) is 5.92 Å². The van der Waals surface area contributed by atoms with E-state index in [0.717, 1.165) is 36.4 Å². The highest BCUT2D eigenvalue weighted by atomic mass is 16.5. The zero-order valence-corrected chi connectivity index (χ0v) is 17.4. The van der Waals surface area contributed by atoms with Crippen LogP contribution in [0.2, 0.25) is 0 Å². The zero-order valence-electron chi connectivity index (χ0n) is 17.4. The summed E-state index contributed by atoms with van der Waals surface area (Å²) in [6.45, 7) is 3.35. The van der Waals surface area contributed by atoms with Crippen LogP contribution in [0.5, 0.6) is 11.5 Å². The molecule has 3 fully saturated rings. The first-order chi connectivity index (χ1) is 14.0. The quantitative estimate of drug-likeness (QED) is 0.515. The topological polar surface area (TPSA) is 68.3 Å². The Morgan fingerprint density at radius 1 is 1.10 bits per heavy atom. The smallest absolute Gasteiger partial charge is 0.397 e. The molecule has 3 unspecified atom stereocenters. The number of carbonyl (C=O) groups excluding carboxylic acids is 2. The molecule has 1 aliphatic heterocycles. The van der Waals surface area contributed by atoms with E-state index in [1.807, 2.05) is 12.1 Å². The summed E-state index contributed by atoms with van der Waals surface area (Å²) in [4.78, 5) is 28.9. The Labute approximate surface area is 171 Å². The molecule has 0 aromatic heterocycles. The van der Waals surface area contributed by atoms with Crippen molar-refractivity contribution in [3.05, 3.63) is 23.8 Å². The Bertz CT molecular complexity index is 778. The number of amides is 1. The van der Waals surface area contributed by atoms with E-state index < -0.39 is 11.9 Å². The van der Waals surface area contributed by atoms with E-state index in [1.165, 1.54) is 12.8 Å². The average Bonchev–Trinajstić information content (AvgIpc) is 3.64. The molecule has 2 saturated carbocycles. The number of piperidine rings is 1. The molecule has 0 spiro atoms. The maximum atomic E-state index is 12.6. The summed E-state index contributed by atoms with van der Waals surface area (Å²) in [7, 11) is 3.28. The van der Waals surface area contributed by atoms with Crippen molar-refractivity contribution in [2.75, 3.05) is 27.4 Å². The maximum Gasteiger partial charge on any atom is 0.397 e. The molecule has 1 aromatic rings. The Morgan fingerprint density at radius 2 is 1.86 bits per heavy atom. The third kappa shape index (κ3) is 4.20. The number of rotatable bonds is 7. The van der Waals surface area contributed by atoms with Gasteiger partial charge >= 0.3 is 11.9 Å². The summed E-state index contributed by atoms with van der Waals surface area (Å²) in [5.74, 6) is 0.742. The Balaban J connectivity index is 1.49. The molecule has 29 heavy (non-hydrogen) atoms. The second-order valence-corrected chi connectivity index (χ2v) is 8.22. The lowest BCUT2D eigenvalue weighted by atomic mass is 10.0. The fraction of sp³-hybridized carbons (Fsp3) is 0.636. The number of esters is 1. The van der Waals surface area contributed by atoms with Crippen LogP contribution in [0.15, 0.2) is 18.2 Å². The predicted molar refractivity (Wildman–Crippen MR) is 107 cm³/mol. The van der Waals surface area contributed by atoms with Crippen molar-refractivity contribution >= 4 is 11.9 Å². The largest absolute Gasteiger partial charge is 0.493 e. The van der Waals surface area contributed by atoms with Gasteiger partial charge in [0.2, 0.25) is 0 Å². The van der Waals surface area contributed by atoms with Crippen molar-refractivity contribution in [2.45, 2.75) is 57.3 Å². The number of likely N-dealkylation sites (tertiary alicyclic amines) is 1. The van der Waals surface area contributed by atoms with Crippen molar-refractivity contribution in [1.82, 2.24) is 9.80 Å². The lowest BCUT2D eigenvalue weighted by Gasteiger charge is -2.39. The third-order valence-electron chi connectivity index (χ3n) is 6.28. The van der Waals surface area contributed by atoms with Gasteiger partial charge in [-0.15, -0.1) is 0 Å². The molecule has 1 amide bonds. The fourth-order valence-corrected chi connectivity index (χ4v) is 4.59. The standard InChI is InChI=1S/C22H30N2O5/c1-4-29-22(26)21(25)24-13-17(10-15-11-18(15)24)23(16-6-7-16)12-14-5-8-19(27-2)20(9-14)28-3/h5,8-9,15-18H,4,6-7,10-13H2,1-3H3. The highest BCUT2D eigenvalue weighted by Gasteiger charge is 2.52. The van der Waals surface area contributed by atoms with Crippen LogP contribution < -0.4 is 9.47 Å². The first-order valence-corrected chi connectivity index (χ1v) is 10.5. The maximum absolute atomic E-state index is 12.6. The number of hydrogen-bond acceptors (Lipinski definition) is 6. The number of fused-ring (bicyclic) bond motifs is 1. The minimum atomic E-state index is -0.725. The van der Waals surface area contributed by atoms with Crippen LogP contribution >= 0.6 is 0 Å². The van der Waals surface area contributed by atoms with Crippen LogP contribution in [0.1, 0.15) is 38.2 Å². The van der Waals surface area contributed by atoms with Gasteiger partial charge in [-0.05, 0) is 56.2 Å². The SMILES string of the molecule is CCOC(=O)C(=O)N1CC(N(Cc2ccc(OC)c(OC)c2)C2CC2)CC2CC21. The predicted octanol–water partition coefficient (Wildman–Crippen LogP) is 2.22. The van der Waals surface area contributed by atoms with Gasteiger partial charge in [-0.25, -0.2) is 4.79 Å². The van der Waals surface area contributed by atoms with Gasteiger partial charge in [-0.3, -0.25) is 9.69 Å². The third-order valence-corrected chi connectivity index (χ3v) is 6.28. The Kier molecular flexibility index (Phi) is 5.67. The molecule has 2 aliphatic carbocycles. The number of carbonyl (C=O) groups is 2. The summed E-state index contributed by atoms with van der Waals surface area (Å²) in [5.41, 5.74) is 1.16. The second kappa shape index (κ2) is 8.22. The number of ether oxygens (including phenoxy) is 3. The van der Waals surface area contributed by atoms with Gasteiger partial charge in [-0.2, -0.15) is 0 Å². The Hall–Kier alpha value is -2.28. The summed E-state index contributed by atoms with van der Waals surface area (Å²) in [6.07, 6.45) is 4.45. The van der Waals surface area contributed by atoms with Crippen molar-refractivity contribution in [2.24, 2.45) is 5.92 Å². The van der Waals surface area contributed by atoms with Crippen LogP contribution in [0.25, 0.3) is 0 Å². The summed E-state index contributed by atoms with van der Waals surface area (Å²) >= 11 is 0. The van der Waals surface area contributed by atoms with Gasteiger partial charge < -0.3 is 19.1 Å². The van der Waals surface area contributed by atoms with E-state index in [-0.39, 0.29) is 18.7 Å². The lowest BCUT2D eigenvalue weighted by molar-refractivity contribution is -0.161. The van der Waals surface area contributed by atoms with E-state index in [0.29, 0.717) is 18.5 Å². The van der Waals surface area contributed by atoms with E-state index in [2.05, 4.69) is 11.0 Å². The highest BCUT2D eigenvalue weighted by molar-refractivity contribution is 6.32. The van der Waals surface area contributed by atoms with E-state index >= 15 is 0 Å². The first kappa shape index (κ1) is 20.0. The zero-order chi connectivity index (χ0) is 20.5. The summed E-state index contributed by atoms with van der Waals surface area (Å²) < 4.78 is 15.8. The van der Waals surface area contributed by atoms with E-state index in [1.54, 1.807) is 26.0 Å².